The molecule has 1 amide bonds. The summed E-state index contributed by atoms with van der Waals surface area (Å²) in [7, 11) is 4.00. The predicted octanol–water partition coefficient (Wildman–Crippen LogP) is 1.73. The number of alkyl carbamates (subject to hydrolysis) is 1. The largest absolute Gasteiger partial charge is 0.444 e. The van der Waals surface area contributed by atoms with Gasteiger partial charge in [0.05, 0.1) is 6.04 Å². The highest BCUT2D eigenvalue weighted by Crippen LogP contribution is 2.21. The molecule has 1 atom stereocenters. The van der Waals surface area contributed by atoms with E-state index in [-0.39, 0.29) is 12.6 Å². The van der Waals surface area contributed by atoms with Crippen molar-refractivity contribution >= 4 is 17.4 Å². The quantitative estimate of drug-likeness (QED) is 0.865. The lowest BCUT2D eigenvalue weighted by Crippen LogP contribution is -2.37. The molecule has 0 radical (unpaired) electrons. The SMILES string of the molecule is CN(C)Cc1cnc(C(CN)NC(=O)OC(C)(C)C)s1. The van der Waals surface area contributed by atoms with Crippen LogP contribution in [-0.2, 0) is 11.3 Å². The Kier molecular flexibility index (Phi) is 5.91. The molecule has 1 heterocycles. The number of hydrogen-bond acceptors (Lipinski definition) is 6. The van der Waals surface area contributed by atoms with Crippen molar-refractivity contribution in [3.05, 3.63) is 16.1 Å². The number of thiazole rings is 1. The van der Waals surface area contributed by atoms with Crippen LogP contribution >= 0.6 is 11.3 Å². The third-order valence-corrected chi connectivity index (χ3v) is 3.36. The molecule has 0 aromatic carbocycles. The van der Waals surface area contributed by atoms with Gasteiger partial charge in [-0.3, -0.25) is 0 Å². The van der Waals surface area contributed by atoms with E-state index in [0.29, 0.717) is 0 Å². The third-order valence-electron chi connectivity index (χ3n) is 2.27. The maximum Gasteiger partial charge on any atom is 0.408 e. The molecule has 20 heavy (non-hydrogen) atoms. The van der Waals surface area contributed by atoms with Crippen LogP contribution in [0.15, 0.2) is 6.20 Å². The number of amides is 1. The minimum atomic E-state index is -0.526. The summed E-state index contributed by atoms with van der Waals surface area (Å²) in [6.45, 7) is 6.57. The molecule has 0 aliphatic carbocycles. The molecule has 114 valence electrons. The summed E-state index contributed by atoms with van der Waals surface area (Å²) < 4.78 is 5.23. The lowest BCUT2D eigenvalue weighted by Gasteiger charge is -2.22. The van der Waals surface area contributed by atoms with Crippen LogP contribution in [0.3, 0.4) is 0 Å². The average molecular weight is 300 g/mol. The number of carbonyl (C=O) groups excluding carboxylic acids is 1. The average Bonchev–Trinajstić information content (AvgIpc) is 2.70. The zero-order valence-electron chi connectivity index (χ0n) is 12.8. The maximum atomic E-state index is 11.8. The lowest BCUT2D eigenvalue weighted by atomic mass is 10.2. The van der Waals surface area contributed by atoms with E-state index in [4.69, 9.17) is 10.5 Å². The fourth-order valence-electron chi connectivity index (χ4n) is 1.54. The minimum Gasteiger partial charge on any atom is -0.444 e. The number of carbonyl (C=O) groups is 1. The van der Waals surface area contributed by atoms with Crippen LogP contribution in [0.25, 0.3) is 0 Å². The molecule has 0 aliphatic heterocycles. The number of rotatable bonds is 5. The summed E-state index contributed by atoms with van der Waals surface area (Å²) in [4.78, 5) is 19.3. The summed E-state index contributed by atoms with van der Waals surface area (Å²) in [6.07, 6.45) is 1.34. The number of nitrogens with zero attached hydrogens (tertiary/aromatic N) is 2. The second-order valence-corrected chi connectivity index (χ2v) is 6.98. The standard InChI is InChI=1S/C13H24N4O2S/c1-13(2,3)19-12(18)16-10(6-14)11-15-7-9(20-11)8-17(4)5/h7,10H,6,8,14H2,1-5H3,(H,16,18). The highest BCUT2D eigenvalue weighted by atomic mass is 32.1. The van der Waals surface area contributed by atoms with Gasteiger partial charge in [-0.1, -0.05) is 0 Å². The van der Waals surface area contributed by atoms with Gasteiger partial charge in [0.2, 0.25) is 0 Å². The van der Waals surface area contributed by atoms with Gasteiger partial charge in [0.1, 0.15) is 10.6 Å². The molecule has 0 aliphatic rings. The van der Waals surface area contributed by atoms with Crippen LogP contribution < -0.4 is 11.1 Å². The Hall–Kier alpha value is -1.18. The zero-order chi connectivity index (χ0) is 15.3. The summed E-state index contributed by atoms with van der Waals surface area (Å²) in [5, 5.41) is 3.56. The normalized spacial score (nSPS) is 13.3. The number of ether oxygens (including phenoxy) is 1. The van der Waals surface area contributed by atoms with Gasteiger partial charge in [0, 0.05) is 24.2 Å². The van der Waals surface area contributed by atoms with Crippen LogP contribution in [0.4, 0.5) is 4.79 Å². The molecule has 1 aromatic rings. The van der Waals surface area contributed by atoms with Crippen LogP contribution in [0.5, 0.6) is 0 Å². The number of nitrogens with one attached hydrogen (secondary N) is 1. The second-order valence-electron chi connectivity index (χ2n) is 5.84. The molecule has 0 spiro atoms. The Morgan fingerprint density at radius 3 is 2.70 bits per heavy atom. The fourth-order valence-corrected chi connectivity index (χ4v) is 2.64. The Morgan fingerprint density at radius 1 is 1.55 bits per heavy atom. The lowest BCUT2D eigenvalue weighted by molar-refractivity contribution is 0.0505. The third kappa shape index (κ3) is 5.85. The maximum absolute atomic E-state index is 11.8. The summed E-state index contributed by atoms with van der Waals surface area (Å²) in [5.41, 5.74) is 5.19. The zero-order valence-corrected chi connectivity index (χ0v) is 13.6. The van der Waals surface area contributed by atoms with E-state index in [1.165, 1.54) is 0 Å². The topological polar surface area (TPSA) is 80.5 Å². The molecule has 1 rings (SSSR count). The van der Waals surface area contributed by atoms with Crippen LogP contribution in [0, 0.1) is 0 Å². The van der Waals surface area contributed by atoms with Crippen molar-refractivity contribution < 1.29 is 9.53 Å². The van der Waals surface area contributed by atoms with E-state index in [1.807, 2.05) is 41.1 Å². The van der Waals surface area contributed by atoms with Crippen molar-refractivity contribution in [2.24, 2.45) is 5.73 Å². The molecule has 3 N–H and O–H groups in total. The van der Waals surface area contributed by atoms with Crippen molar-refractivity contribution in [1.82, 2.24) is 15.2 Å². The fraction of sp³-hybridized carbons (Fsp3) is 0.692. The van der Waals surface area contributed by atoms with Crippen molar-refractivity contribution in [3.8, 4) is 0 Å². The smallest absolute Gasteiger partial charge is 0.408 e. The molecule has 1 aromatic heterocycles. The first-order valence-corrected chi connectivity index (χ1v) is 7.32. The van der Waals surface area contributed by atoms with Gasteiger partial charge in [-0.25, -0.2) is 9.78 Å². The van der Waals surface area contributed by atoms with Crippen molar-refractivity contribution in [3.63, 3.8) is 0 Å². The van der Waals surface area contributed by atoms with E-state index < -0.39 is 11.7 Å². The first-order valence-electron chi connectivity index (χ1n) is 6.50. The van der Waals surface area contributed by atoms with E-state index >= 15 is 0 Å². The molecule has 0 saturated carbocycles. The van der Waals surface area contributed by atoms with Crippen LogP contribution in [0.2, 0.25) is 0 Å². The second kappa shape index (κ2) is 7.01. The molecule has 0 fully saturated rings. The molecular formula is C13H24N4O2S. The van der Waals surface area contributed by atoms with E-state index in [9.17, 15) is 4.79 Å². The molecule has 7 heteroatoms. The Bertz CT molecular complexity index is 440. The van der Waals surface area contributed by atoms with E-state index in [2.05, 4.69) is 15.2 Å². The Balaban J connectivity index is 2.66. The van der Waals surface area contributed by atoms with Crippen molar-refractivity contribution in [2.45, 2.75) is 39.0 Å². The highest BCUT2D eigenvalue weighted by molar-refractivity contribution is 7.11. The highest BCUT2D eigenvalue weighted by Gasteiger charge is 2.21. The summed E-state index contributed by atoms with van der Waals surface area (Å²) in [5.74, 6) is 0. The van der Waals surface area contributed by atoms with Gasteiger partial charge in [0.25, 0.3) is 0 Å². The first kappa shape index (κ1) is 16.9. The van der Waals surface area contributed by atoms with E-state index in [1.54, 1.807) is 11.3 Å². The van der Waals surface area contributed by atoms with Crippen LogP contribution in [-0.4, -0.2) is 42.2 Å². The van der Waals surface area contributed by atoms with Gasteiger partial charge in [0.15, 0.2) is 0 Å². The van der Waals surface area contributed by atoms with Gasteiger partial charge in [-0.15, -0.1) is 11.3 Å². The van der Waals surface area contributed by atoms with Gasteiger partial charge < -0.3 is 20.7 Å². The molecule has 0 bridgehead atoms. The number of aromatic nitrogens is 1. The molecule has 1 unspecified atom stereocenters. The Morgan fingerprint density at radius 2 is 2.20 bits per heavy atom. The molecular weight excluding hydrogens is 276 g/mol. The first-order chi connectivity index (χ1) is 9.21. The van der Waals surface area contributed by atoms with E-state index in [0.717, 1.165) is 16.4 Å². The van der Waals surface area contributed by atoms with Crippen LogP contribution in [0.1, 0.15) is 36.7 Å². The monoisotopic (exact) mass is 300 g/mol. The van der Waals surface area contributed by atoms with Gasteiger partial charge in [-0.2, -0.15) is 0 Å². The summed E-state index contributed by atoms with van der Waals surface area (Å²) in [6, 6.07) is -0.314. The van der Waals surface area contributed by atoms with Gasteiger partial charge >= 0.3 is 6.09 Å². The predicted molar refractivity (Wildman–Crippen MR) is 80.7 cm³/mol. The number of nitrogens with two attached hydrogens (primary N) is 1. The number of hydrogen-bond donors (Lipinski definition) is 2. The minimum absolute atomic E-state index is 0.286. The van der Waals surface area contributed by atoms with Crippen molar-refractivity contribution in [1.29, 1.82) is 0 Å². The Labute approximate surface area is 124 Å². The molecule has 0 saturated heterocycles. The summed E-state index contributed by atoms with van der Waals surface area (Å²) >= 11 is 1.55. The van der Waals surface area contributed by atoms with Gasteiger partial charge in [-0.05, 0) is 34.9 Å². The van der Waals surface area contributed by atoms with Crippen molar-refractivity contribution in [2.75, 3.05) is 20.6 Å². The molecule has 6 nitrogen and oxygen atoms in total.